The molecule has 2 heterocycles. The van der Waals surface area contributed by atoms with E-state index in [9.17, 15) is 0 Å². The molecule has 9 aromatic carbocycles. The maximum absolute atomic E-state index is 5.32. The van der Waals surface area contributed by atoms with Gasteiger partial charge < -0.3 is 4.57 Å². The van der Waals surface area contributed by atoms with Crippen LogP contribution in [0.3, 0.4) is 0 Å². The average molecular weight is 856 g/mol. The van der Waals surface area contributed by atoms with Crippen molar-refractivity contribution >= 4 is 27.9 Å². The summed E-state index contributed by atoms with van der Waals surface area (Å²) in [5, 5.41) is 2.35. The lowest BCUT2D eigenvalue weighted by atomic mass is 9.92. The van der Waals surface area contributed by atoms with E-state index in [0.717, 1.165) is 72.6 Å². The fourth-order valence-corrected chi connectivity index (χ4v) is 9.24. The van der Waals surface area contributed by atoms with Crippen LogP contribution in [0.4, 0.5) is 0 Å². The van der Waals surface area contributed by atoms with E-state index in [-0.39, 0.29) is 0 Å². The maximum Gasteiger partial charge on any atom is 0.160 e. The second-order valence-corrected chi connectivity index (χ2v) is 16.6. The molecule has 3 nitrogen and oxygen atoms in total. The SMILES string of the molecule is C=C/C=C\C=C\c1cc(-c2ccccc2)nc(-c2cc(-c3ccccc3)c(-n3c4ccc(-c5ccccc5)cc4c4cc(-c5ccccc5)cc(-c5ccccc5)c43)c(-c3ccccc3)c2)n1. The molecule has 3 heteroatoms. The lowest BCUT2D eigenvalue weighted by Crippen LogP contribution is -2.04. The molecular formula is C64H45N3. The number of rotatable bonds is 11. The van der Waals surface area contributed by atoms with Crippen LogP contribution in [0.2, 0.25) is 0 Å². The number of benzene rings is 9. The Balaban J connectivity index is 1.28. The van der Waals surface area contributed by atoms with Gasteiger partial charge in [0.2, 0.25) is 0 Å². The van der Waals surface area contributed by atoms with Gasteiger partial charge in [-0.25, -0.2) is 9.97 Å². The van der Waals surface area contributed by atoms with Crippen LogP contribution in [0.5, 0.6) is 0 Å². The standard InChI is InChI=1S/C64H45N3/c1-2-3-4-23-36-54-44-60(50-34-21-10-22-35-50)66-64(65-54)53-42-56(48-30-17-8-18-31-48)62(57(43-53)49-32-19-9-20-33-49)67-61-38-37-51(45-24-11-5-12-25-45)39-58(61)59-41-52(46-26-13-6-14-27-46)40-55(63(59)67)47-28-15-7-16-29-47/h2-44H,1H2/b4-3-,36-23+. The first kappa shape index (κ1) is 40.8. The first-order chi connectivity index (χ1) is 33.2. The van der Waals surface area contributed by atoms with Crippen molar-refractivity contribution < 1.29 is 0 Å². The molecule has 0 atom stereocenters. The fraction of sp³-hybridized carbons (Fsp3) is 0. The van der Waals surface area contributed by atoms with Crippen LogP contribution in [-0.2, 0) is 0 Å². The van der Waals surface area contributed by atoms with Crippen LogP contribution in [0, 0.1) is 0 Å². The number of fused-ring (bicyclic) bond motifs is 3. The van der Waals surface area contributed by atoms with Crippen molar-refractivity contribution in [3.8, 4) is 84.0 Å². The van der Waals surface area contributed by atoms with E-state index < -0.39 is 0 Å². The molecule has 67 heavy (non-hydrogen) atoms. The number of aromatic nitrogens is 3. The molecule has 0 bridgehead atoms. The quantitative estimate of drug-likeness (QED) is 0.121. The molecule has 316 valence electrons. The van der Waals surface area contributed by atoms with Crippen molar-refractivity contribution in [2.45, 2.75) is 0 Å². The summed E-state index contributed by atoms with van der Waals surface area (Å²) in [5.74, 6) is 0.641. The first-order valence-corrected chi connectivity index (χ1v) is 22.7. The number of nitrogens with zero attached hydrogens (tertiary/aromatic N) is 3. The summed E-state index contributed by atoms with van der Waals surface area (Å²) in [6, 6.07) is 82.5. The van der Waals surface area contributed by atoms with Gasteiger partial charge in [-0.15, -0.1) is 0 Å². The van der Waals surface area contributed by atoms with Crippen molar-refractivity contribution in [1.82, 2.24) is 14.5 Å². The molecular weight excluding hydrogens is 811 g/mol. The minimum absolute atomic E-state index is 0.641. The third-order valence-corrected chi connectivity index (χ3v) is 12.4. The normalized spacial score (nSPS) is 11.5. The molecule has 2 aromatic heterocycles. The predicted molar refractivity (Wildman–Crippen MR) is 283 cm³/mol. The van der Waals surface area contributed by atoms with Crippen LogP contribution < -0.4 is 0 Å². The van der Waals surface area contributed by atoms with E-state index >= 15 is 0 Å². The Hall–Kier alpha value is -8.92. The van der Waals surface area contributed by atoms with Crippen molar-refractivity contribution in [2.75, 3.05) is 0 Å². The van der Waals surface area contributed by atoms with Gasteiger partial charge in [0.15, 0.2) is 5.82 Å². The second-order valence-electron chi connectivity index (χ2n) is 16.6. The van der Waals surface area contributed by atoms with Crippen LogP contribution in [0.25, 0.3) is 112 Å². The van der Waals surface area contributed by atoms with Crippen molar-refractivity contribution in [2.24, 2.45) is 0 Å². The van der Waals surface area contributed by atoms with Crippen LogP contribution in [0.15, 0.2) is 261 Å². The lowest BCUT2D eigenvalue weighted by molar-refractivity contribution is 1.15. The molecule has 0 N–H and O–H groups in total. The van der Waals surface area contributed by atoms with E-state index in [4.69, 9.17) is 9.97 Å². The zero-order valence-electron chi connectivity index (χ0n) is 36.9. The topological polar surface area (TPSA) is 30.7 Å². The lowest BCUT2D eigenvalue weighted by Gasteiger charge is -2.22. The van der Waals surface area contributed by atoms with Gasteiger partial charge in [0, 0.05) is 38.6 Å². The van der Waals surface area contributed by atoms with Gasteiger partial charge in [0.25, 0.3) is 0 Å². The van der Waals surface area contributed by atoms with Gasteiger partial charge >= 0.3 is 0 Å². The smallest absolute Gasteiger partial charge is 0.160 e. The summed E-state index contributed by atoms with van der Waals surface area (Å²) < 4.78 is 2.53. The van der Waals surface area contributed by atoms with Gasteiger partial charge in [-0.1, -0.05) is 219 Å². The van der Waals surface area contributed by atoms with E-state index in [1.165, 1.54) is 33.0 Å². The molecule has 0 aliphatic rings. The zero-order chi connectivity index (χ0) is 44.9. The molecule has 0 aliphatic carbocycles. The highest BCUT2D eigenvalue weighted by Crippen LogP contribution is 2.47. The van der Waals surface area contributed by atoms with Crippen LogP contribution in [-0.4, -0.2) is 14.5 Å². The fourth-order valence-electron chi connectivity index (χ4n) is 9.24. The molecule has 11 rings (SSSR count). The Kier molecular flexibility index (Phi) is 11.1. The Labute approximate surface area is 391 Å². The highest BCUT2D eigenvalue weighted by atomic mass is 15.0. The number of hydrogen-bond acceptors (Lipinski definition) is 2. The Morgan fingerprint density at radius 2 is 0.836 bits per heavy atom. The maximum atomic E-state index is 5.32. The van der Waals surface area contributed by atoms with E-state index in [2.05, 4.69) is 236 Å². The number of hydrogen-bond donors (Lipinski definition) is 0. The third-order valence-electron chi connectivity index (χ3n) is 12.4. The highest BCUT2D eigenvalue weighted by Gasteiger charge is 2.25. The van der Waals surface area contributed by atoms with Crippen molar-refractivity contribution in [3.05, 3.63) is 267 Å². The minimum Gasteiger partial charge on any atom is -0.307 e. The Morgan fingerprint density at radius 1 is 0.358 bits per heavy atom. The van der Waals surface area contributed by atoms with E-state index in [1.807, 2.05) is 30.4 Å². The molecule has 0 saturated heterocycles. The second kappa shape index (κ2) is 18.3. The largest absolute Gasteiger partial charge is 0.307 e. The molecule has 0 saturated carbocycles. The molecule has 0 unspecified atom stereocenters. The predicted octanol–water partition coefficient (Wildman–Crippen LogP) is 17.0. The molecule has 0 fully saturated rings. The average Bonchev–Trinajstić information content (AvgIpc) is 3.74. The summed E-state index contributed by atoms with van der Waals surface area (Å²) >= 11 is 0. The van der Waals surface area contributed by atoms with Crippen LogP contribution >= 0.6 is 0 Å². The van der Waals surface area contributed by atoms with Gasteiger partial charge in [-0.05, 0) is 87.5 Å². The molecule has 0 radical (unpaired) electrons. The molecule has 11 aromatic rings. The molecule has 0 aliphatic heterocycles. The van der Waals surface area contributed by atoms with Gasteiger partial charge in [-0.2, -0.15) is 0 Å². The molecule has 0 amide bonds. The summed E-state index contributed by atoms with van der Waals surface area (Å²) in [6.07, 6.45) is 9.67. The Morgan fingerprint density at radius 3 is 1.39 bits per heavy atom. The van der Waals surface area contributed by atoms with E-state index in [1.54, 1.807) is 6.08 Å². The molecule has 0 spiro atoms. The Bertz CT molecular complexity index is 3530. The zero-order valence-corrected chi connectivity index (χ0v) is 36.9. The van der Waals surface area contributed by atoms with E-state index in [0.29, 0.717) is 5.82 Å². The van der Waals surface area contributed by atoms with Crippen molar-refractivity contribution in [3.63, 3.8) is 0 Å². The van der Waals surface area contributed by atoms with Crippen molar-refractivity contribution in [1.29, 1.82) is 0 Å². The van der Waals surface area contributed by atoms with Crippen LogP contribution in [0.1, 0.15) is 5.69 Å². The van der Waals surface area contributed by atoms with Gasteiger partial charge in [-0.3, -0.25) is 0 Å². The third kappa shape index (κ3) is 8.12. The number of allylic oxidation sites excluding steroid dienone is 4. The summed E-state index contributed by atoms with van der Waals surface area (Å²) in [4.78, 5) is 10.6. The summed E-state index contributed by atoms with van der Waals surface area (Å²) in [6.45, 7) is 3.84. The minimum atomic E-state index is 0.641. The highest BCUT2D eigenvalue weighted by molar-refractivity contribution is 6.17. The summed E-state index contributed by atoms with van der Waals surface area (Å²) in [5.41, 5.74) is 18.2. The first-order valence-electron chi connectivity index (χ1n) is 22.7. The van der Waals surface area contributed by atoms with Gasteiger partial charge in [0.05, 0.1) is 28.1 Å². The summed E-state index contributed by atoms with van der Waals surface area (Å²) in [7, 11) is 0. The monoisotopic (exact) mass is 855 g/mol. The van der Waals surface area contributed by atoms with Gasteiger partial charge in [0.1, 0.15) is 0 Å².